The number of fused-ring (bicyclic) bond motifs is 1. The van der Waals surface area contributed by atoms with E-state index in [4.69, 9.17) is 42.8 Å². The van der Waals surface area contributed by atoms with Crippen LogP contribution in [0.4, 0.5) is 0 Å². The minimum Gasteiger partial charge on any atom is -0.494 e. The molecule has 0 radical (unpaired) electrons. The van der Waals surface area contributed by atoms with E-state index in [1.807, 2.05) is 78.9 Å². The summed E-state index contributed by atoms with van der Waals surface area (Å²) in [4.78, 5) is 19.7. The van der Waals surface area contributed by atoms with Crippen molar-refractivity contribution in [3.05, 3.63) is 141 Å². The van der Waals surface area contributed by atoms with Crippen LogP contribution in [0.1, 0.15) is 46.8 Å². The van der Waals surface area contributed by atoms with E-state index in [9.17, 15) is 4.79 Å². The topological polar surface area (TPSA) is 80.2 Å². The molecule has 1 aliphatic heterocycles. The summed E-state index contributed by atoms with van der Waals surface area (Å²) in [7, 11) is 0. The van der Waals surface area contributed by atoms with Gasteiger partial charge in [0, 0.05) is 46.7 Å². The lowest BCUT2D eigenvalue weighted by Crippen LogP contribution is -2.51. The van der Waals surface area contributed by atoms with Crippen LogP contribution in [-0.2, 0) is 22.4 Å². The molecular formula is C37H34Cl2N2O4. The maximum Gasteiger partial charge on any atom is 0.252 e. The average Bonchev–Trinajstić information content (AvgIpc) is 3.64. The van der Waals surface area contributed by atoms with Crippen molar-refractivity contribution in [2.45, 2.75) is 43.4 Å². The number of aliphatic hydroxyl groups is 1. The number of hydrogen-bond donors (Lipinski definition) is 2. The zero-order valence-electron chi connectivity index (χ0n) is 24.7. The van der Waals surface area contributed by atoms with Gasteiger partial charge in [-0.3, -0.25) is 4.79 Å². The number of carbonyl (C=O) groups excluding carboxylic acids is 1. The maximum absolute atomic E-state index is 14.6. The van der Waals surface area contributed by atoms with Crippen molar-refractivity contribution in [3.8, 4) is 5.75 Å². The highest BCUT2D eigenvalue weighted by molar-refractivity contribution is 6.35. The van der Waals surface area contributed by atoms with Crippen LogP contribution in [0.15, 0.2) is 108 Å². The Bertz CT molecular complexity index is 1680. The number of benzene rings is 4. The van der Waals surface area contributed by atoms with Crippen molar-refractivity contribution in [2.75, 3.05) is 13.2 Å². The lowest BCUT2D eigenvalue weighted by Gasteiger charge is -2.31. The van der Waals surface area contributed by atoms with Gasteiger partial charge in [-0.05, 0) is 65.9 Å². The highest BCUT2D eigenvalue weighted by Gasteiger charge is 2.53. The van der Waals surface area contributed by atoms with E-state index < -0.39 is 11.6 Å². The number of rotatable bonds is 11. The lowest BCUT2D eigenvalue weighted by atomic mass is 9.83. The predicted octanol–water partition coefficient (Wildman–Crippen LogP) is 7.40. The first-order chi connectivity index (χ1) is 21.9. The van der Waals surface area contributed by atoms with E-state index in [-0.39, 0.29) is 25.0 Å². The number of aliphatic imine (C=N–C) groups is 1. The molecule has 0 aromatic heterocycles. The summed E-state index contributed by atoms with van der Waals surface area (Å²) in [6.45, 7) is 0.472. The Morgan fingerprint density at radius 3 is 2.38 bits per heavy atom. The molecule has 0 spiro atoms. The van der Waals surface area contributed by atoms with Gasteiger partial charge >= 0.3 is 0 Å². The third-order valence-corrected chi connectivity index (χ3v) is 8.76. The number of nitrogens with one attached hydrogen (secondary N) is 1. The van der Waals surface area contributed by atoms with E-state index in [1.54, 1.807) is 18.2 Å². The molecule has 2 aliphatic rings. The molecule has 0 unspecified atom stereocenters. The van der Waals surface area contributed by atoms with Gasteiger partial charge in [0.1, 0.15) is 5.75 Å². The number of carbonyl (C=O) groups is 1. The summed E-state index contributed by atoms with van der Waals surface area (Å²) in [5.74, 6) is 0.776. The van der Waals surface area contributed by atoms with Crippen molar-refractivity contribution in [1.82, 2.24) is 5.32 Å². The highest BCUT2D eigenvalue weighted by Crippen LogP contribution is 2.45. The van der Waals surface area contributed by atoms with Gasteiger partial charge in [0.05, 0.1) is 6.61 Å². The molecule has 0 saturated carbocycles. The molecule has 6 rings (SSSR count). The summed E-state index contributed by atoms with van der Waals surface area (Å²) in [6.07, 6.45) is 5.46. The van der Waals surface area contributed by atoms with Gasteiger partial charge < -0.3 is 19.9 Å². The standard InChI is InChI=1S/C37H34Cl2N2O4/c38-29-15-18-32(33(39)24-29)34-37(19-6-10-25-8-2-1-3-9-25,36(43)40-30-22-27-11-4-5-12-28(27)23-30)41-35(45-34)26-13-16-31(17-14-26)44-21-7-20-42/h1-6,8-18,24,30,34,42H,7,19-23H2,(H,40,43)/b10-6+/t34-,37-/m1/s1. The minimum atomic E-state index is -1.36. The molecule has 1 aliphatic carbocycles. The predicted molar refractivity (Wildman–Crippen MR) is 179 cm³/mol. The molecule has 0 bridgehead atoms. The normalized spacial score (nSPS) is 19.3. The van der Waals surface area contributed by atoms with Gasteiger partial charge in [-0.2, -0.15) is 0 Å². The molecule has 230 valence electrons. The van der Waals surface area contributed by atoms with Crippen molar-refractivity contribution in [3.63, 3.8) is 0 Å². The fourth-order valence-electron chi connectivity index (χ4n) is 5.92. The quantitative estimate of drug-likeness (QED) is 0.167. The second-order valence-electron chi connectivity index (χ2n) is 11.3. The minimum absolute atomic E-state index is 0.0627. The number of amides is 1. The van der Waals surface area contributed by atoms with Crippen molar-refractivity contribution in [2.24, 2.45) is 4.99 Å². The molecule has 1 amide bonds. The number of hydrogen-bond acceptors (Lipinski definition) is 5. The Balaban J connectivity index is 1.38. The number of aliphatic hydroxyl groups excluding tert-OH is 1. The fraction of sp³-hybridized carbons (Fsp3) is 0.243. The number of halogens is 2. The van der Waals surface area contributed by atoms with E-state index in [0.717, 1.165) is 18.4 Å². The van der Waals surface area contributed by atoms with Crippen LogP contribution in [0.5, 0.6) is 5.75 Å². The molecule has 2 N–H and O–H groups in total. The number of nitrogens with zero attached hydrogens (tertiary/aromatic N) is 1. The molecule has 1 heterocycles. The van der Waals surface area contributed by atoms with E-state index >= 15 is 0 Å². The second kappa shape index (κ2) is 13.9. The fourth-order valence-corrected chi connectivity index (χ4v) is 6.42. The molecule has 2 atom stereocenters. The van der Waals surface area contributed by atoms with Crippen LogP contribution >= 0.6 is 23.2 Å². The van der Waals surface area contributed by atoms with Gasteiger partial charge in [-0.15, -0.1) is 0 Å². The summed E-state index contributed by atoms with van der Waals surface area (Å²) >= 11 is 13.1. The Hall–Kier alpha value is -4.10. The van der Waals surface area contributed by atoms with E-state index in [0.29, 0.717) is 45.8 Å². The van der Waals surface area contributed by atoms with Gasteiger partial charge in [-0.25, -0.2) is 4.99 Å². The Morgan fingerprint density at radius 1 is 0.978 bits per heavy atom. The Labute approximate surface area is 273 Å². The largest absolute Gasteiger partial charge is 0.494 e. The molecule has 6 nitrogen and oxygen atoms in total. The van der Waals surface area contributed by atoms with E-state index in [2.05, 4.69) is 17.4 Å². The van der Waals surface area contributed by atoms with Gasteiger partial charge in [0.2, 0.25) is 5.90 Å². The second-order valence-corrected chi connectivity index (χ2v) is 12.2. The monoisotopic (exact) mass is 640 g/mol. The highest BCUT2D eigenvalue weighted by atomic mass is 35.5. The summed E-state index contributed by atoms with van der Waals surface area (Å²) in [5, 5.41) is 13.3. The SMILES string of the molecule is O=C(NC1Cc2ccccc2C1)[C@]1(C/C=C/c2ccccc2)N=C(c2ccc(OCCCO)cc2)O[C@@H]1c1ccc(Cl)cc1Cl. The third-order valence-electron chi connectivity index (χ3n) is 8.20. The zero-order chi connectivity index (χ0) is 31.2. The van der Waals surface area contributed by atoms with E-state index in [1.165, 1.54) is 11.1 Å². The van der Waals surface area contributed by atoms with Crippen LogP contribution in [0.3, 0.4) is 0 Å². The van der Waals surface area contributed by atoms with Crippen LogP contribution in [0.25, 0.3) is 6.08 Å². The summed E-state index contributed by atoms with van der Waals surface area (Å²) in [6, 6.07) is 30.7. The van der Waals surface area contributed by atoms with Crippen LogP contribution in [0, 0.1) is 0 Å². The maximum atomic E-state index is 14.6. The van der Waals surface area contributed by atoms with Crippen molar-refractivity contribution >= 4 is 41.1 Å². The smallest absolute Gasteiger partial charge is 0.252 e. The molecule has 4 aromatic carbocycles. The van der Waals surface area contributed by atoms with Gasteiger partial charge in [0.25, 0.3) is 5.91 Å². The average molecular weight is 642 g/mol. The molecule has 4 aromatic rings. The van der Waals surface area contributed by atoms with Crippen LogP contribution in [-0.4, -0.2) is 41.7 Å². The lowest BCUT2D eigenvalue weighted by molar-refractivity contribution is -0.129. The third kappa shape index (κ3) is 6.94. The first kappa shape index (κ1) is 30.9. The zero-order valence-corrected chi connectivity index (χ0v) is 26.2. The molecule has 0 fully saturated rings. The van der Waals surface area contributed by atoms with Crippen molar-refractivity contribution < 1.29 is 19.4 Å². The Kier molecular flexibility index (Phi) is 9.55. The first-order valence-electron chi connectivity index (χ1n) is 15.1. The van der Waals surface area contributed by atoms with Crippen LogP contribution < -0.4 is 10.1 Å². The molecule has 45 heavy (non-hydrogen) atoms. The van der Waals surface area contributed by atoms with Gasteiger partial charge in [-0.1, -0.05) is 96.0 Å². The molecule has 0 saturated heterocycles. The van der Waals surface area contributed by atoms with Gasteiger partial charge in [0.15, 0.2) is 11.6 Å². The summed E-state index contributed by atoms with van der Waals surface area (Å²) < 4.78 is 12.3. The molecular weight excluding hydrogens is 607 g/mol. The van der Waals surface area contributed by atoms with Crippen molar-refractivity contribution in [1.29, 1.82) is 0 Å². The molecule has 8 heteroatoms. The first-order valence-corrected chi connectivity index (χ1v) is 15.9. The van der Waals surface area contributed by atoms with Crippen LogP contribution in [0.2, 0.25) is 10.0 Å². The number of ether oxygens (including phenoxy) is 2. The summed E-state index contributed by atoms with van der Waals surface area (Å²) in [5.41, 5.74) is 3.47. The Morgan fingerprint density at radius 2 is 1.69 bits per heavy atom.